The maximum absolute atomic E-state index is 6.42. The maximum atomic E-state index is 6.42. The van der Waals surface area contributed by atoms with Crippen molar-refractivity contribution in [3.8, 4) is 0 Å². The van der Waals surface area contributed by atoms with E-state index in [1.54, 1.807) is 0 Å². The van der Waals surface area contributed by atoms with Gasteiger partial charge in [-0.2, -0.15) is 0 Å². The lowest BCUT2D eigenvalue weighted by molar-refractivity contribution is 0.700. The summed E-state index contributed by atoms with van der Waals surface area (Å²) in [6.07, 6.45) is 6.14. The van der Waals surface area contributed by atoms with Gasteiger partial charge < -0.3 is 0 Å². The Morgan fingerprint density at radius 3 is 2.78 bits per heavy atom. The minimum atomic E-state index is 0.547. The van der Waals surface area contributed by atoms with Gasteiger partial charge in [0.05, 0.1) is 5.39 Å². The van der Waals surface area contributed by atoms with E-state index in [0.717, 1.165) is 28.4 Å². The zero-order valence-electron chi connectivity index (χ0n) is 10.4. The Morgan fingerprint density at radius 1 is 1.22 bits per heavy atom. The average Bonchev–Trinajstić information content (AvgIpc) is 2.97. The molecule has 94 valence electrons. The number of aromatic nitrogens is 2. The molecule has 0 amide bonds. The van der Waals surface area contributed by atoms with Crippen molar-refractivity contribution in [1.29, 1.82) is 0 Å². The van der Waals surface area contributed by atoms with Crippen molar-refractivity contribution < 1.29 is 0 Å². The predicted molar refractivity (Wildman–Crippen MR) is 75.6 cm³/mol. The molecule has 2 unspecified atom stereocenters. The fourth-order valence-electron chi connectivity index (χ4n) is 2.98. The lowest BCUT2D eigenvalue weighted by Gasteiger charge is -2.10. The molecule has 1 saturated carbocycles. The summed E-state index contributed by atoms with van der Waals surface area (Å²) in [4.78, 5) is 11.9. The summed E-state index contributed by atoms with van der Waals surface area (Å²) in [5, 5.41) is 1.84. The molecule has 2 heterocycles. The second-order valence-corrected chi connectivity index (χ2v) is 7.02. The Balaban J connectivity index is 1.91. The van der Waals surface area contributed by atoms with Gasteiger partial charge in [0.1, 0.15) is 15.8 Å². The molecular formula is C14H15ClN2S. The number of fused-ring (bicyclic) bond motifs is 3. The first-order chi connectivity index (χ1) is 8.74. The Hall–Kier alpha value is -0.670. The third kappa shape index (κ3) is 1.60. The highest BCUT2D eigenvalue weighted by Crippen LogP contribution is 2.47. The first-order valence-corrected chi connectivity index (χ1v) is 7.91. The molecule has 0 radical (unpaired) electrons. The molecule has 0 bridgehead atoms. The van der Waals surface area contributed by atoms with Crippen LogP contribution in [0.15, 0.2) is 0 Å². The maximum Gasteiger partial charge on any atom is 0.141 e. The minimum Gasteiger partial charge on any atom is -0.222 e. The summed E-state index contributed by atoms with van der Waals surface area (Å²) < 4.78 is 0. The molecule has 2 aromatic rings. The second-order valence-electron chi connectivity index (χ2n) is 5.58. The highest BCUT2D eigenvalue weighted by molar-refractivity contribution is 7.19. The summed E-state index contributed by atoms with van der Waals surface area (Å²) in [6, 6.07) is 0. The van der Waals surface area contributed by atoms with E-state index in [1.807, 2.05) is 11.3 Å². The van der Waals surface area contributed by atoms with E-state index >= 15 is 0 Å². The lowest BCUT2D eigenvalue weighted by atomic mass is 9.97. The van der Waals surface area contributed by atoms with Crippen molar-refractivity contribution in [2.24, 2.45) is 5.92 Å². The molecule has 0 aromatic carbocycles. The van der Waals surface area contributed by atoms with Crippen LogP contribution in [-0.2, 0) is 12.8 Å². The van der Waals surface area contributed by atoms with Gasteiger partial charge in [-0.1, -0.05) is 18.5 Å². The van der Waals surface area contributed by atoms with Gasteiger partial charge in [0, 0.05) is 10.8 Å². The van der Waals surface area contributed by atoms with E-state index in [0.29, 0.717) is 11.1 Å². The highest BCUT2D eigenvalue weighted by atomic mass is 35.5. The summed E-state index contributed by atoms with van der Waals surface area (Å²) >= 11 is 8.25. The summed E-state index contributed by atoms with van der Waals surface area (Å²) in [5.74, 6) is 2.25. The minimum absolute atomic E-state index is 0.547. The average molecular weight is 279 g/mol. The van der Waals surface area contributed by atoms with Crippen molar-refractivity contribution >= 4 is 33.2 Å². The standard InChI is InChI=1S/C14H15ClN2S/c1-7-6-9(7)13-16-12(15)11-8-4-2-3-5-10(8)18-14(11)17-13/h7,9H,2-6H2,1H3. The Morgan fingerprint density at radius 2 is 2.00 bits per heavy atom. The van der Waals surface area contributed by atoms with Gasteiger partial charge in [-0.25, -0.2) is 9.97 Å². The van der Waals surface area contributed by atoms with Crippen LogP contribution in [0.2, 0.25) is 5.15 Å². The molecule has 4 heteroatoms. The number of halogens is 1. The van der Waals surface area contributed by atoms with E-state index in [9.17, 15) is 0 Å². The van der Waals surface area contributed by atoms with Gasteiger partial charge in [0.15, 0.2) is 0 Å². The number of aryl methyl sites for hydroxylation is 2. The van der Waals surface area contributed by atoms with Crippen molar-refractivity contribution in [3.63, 3.8) is 0 Å². The number of nitrogens with zero attached hydrogens (tertiary/aromatic N) is 2. The zero-order chi connectivity index (χ0) is 12.3. The van der Waals surface area contributed by atoms with Crippen molar-refractivity contribution in [2.75, 3.05) is 0 Å². The topological polar surface area (TPSA) is 25.8 Å². The first kappa shape index (κ1) is 11.2. The van der Waals surface area contributed by atoms with Crippen LogP contribution in [-0.4, -0.2) is 9.97 Å². The van der Waals surface area contributed by atoms with Crippen LogP contribution < -0.4 is 0 Å². The monoisotopic (exact) mass is 278 g/mol. The van der Waals surface area contributed by atoms with Crippen molar-refractivity contribution in [1.82, 2.24) is 9.97 Å². The number of thiophene rings is 1. The fourth-order valence-corrected chi connectivity index (χ4v) is 4.59. The predicted octanol–water partition coefficient (Wildman–Crippen LogP) is 4.35. The van der Waals surface area contributed by atoms with Crippen molar-refractivity contribution in [2.45, 2.75) is 44.9 Å². The van der Waals surface area contributed by atoms with E-state index in [2.05, 4.69) is 11.9 Å². The molecule has 0 aliphatic heterocycles. The van der Waals surface area contributed by atoms with E-state index < -0.39 is 0 Å². The highest BCUT2D eigenvalue weighted by Gasteiger charge is 2.37. The lowest BCUT2D eigenvalue weighted by Crippen LogP contribution is -1.99. The van der Waals surface area contributed by atoms with E-state index in [4.69, 9.17) is 16.6 Å². The molecule has 2 atom stereocenters. The fraction of sp³-hybridized carbons (Fsp3) is 0.571. The molecule has 2 aliphatic rings. The molecule has 2 aliphatic carbocycles. The van der Waals surface area contributed by atoms with Crippen LogP contribution in [0.25, 0.3) is 10.2 Å². The van der Waals surface area contributed by atoms with Gasteiger partial charge >= 0.3 is 0 Å². The molecule has 0 saturated heterocycles. The van der Waals surface area contributed by atoms with Crippen LogP contribution >= 0.6 is 22.9 Å². The SMILES string of the molecule is CC1CC1c1nc(Cl)c2c3c(sc2n1)CCCC3. The Bertz CT molecular complexity index is 634. The molecule has 18 heavy (non-hydrogen) atoms. The van der Waals surface area contributed by atoms with Gasteiger partial charge in [-0.3, -0.25) is 0 Å². The molecule has 2 aromatic heterocycles. The van der Waals surface area contributed by atoms with Crippen LogP contribution in [0, 0.1) is 5.92 Å². The zero-order valence-corrected chi connectivity index (χ0v) is 11.9. The molecule has 0 spiro atoms. The number of hydrogen-bond donors (Lipinski definition) is 0. The largest absolute Gasteiger partial charge is 0.222 e. The molecule has 2 nitrogen and oxygen atoms in total. The van der Waals surface area contributed by atoms with E-state index in [-0.39, 0.29) is 0 Å². The molecule has 0 N–H and O–H groups in total. The third-order valence-corrected chi connectivity index (χ3v) is 5.69. The first-order valence-electron chi connectivity index (χ1n) is 6.71. The van der Waals surface area contributed by atoms with Gasteiger partial charge in [-0.05, 0) is 43.6 Å². The smallest absolute Gasteiger partial charge is 0.141 e. The molecule has 1 fully saturated rings. The van der Waals surface area contributed by atoms with Crippen LogP contribution in [0.1, 0.15) is 48.4 Å². The van der Waals surface area contributed by atoms with Gasteiger partial charge in [-0.15, -0.1) is 11.3 Å². The Kier molecular flexibility index (Phi) is 2.43. The summed E-state index contributed by atoms with van der Waals surface area (Å²) in [7, 11) is 0. The van der Waals surface area contributed by atoms with Gasteiger partial charge in [0.25, 0.3) is 0 Å². The van der Waals surface area contributed by atoms with Gasteiger partial charge in [0.2, 0.25) is 0 Å². The third-order valence-electron chi connectivity index (χ3n) is 4.23. The summed E-state index contributed by atoms with van der Waals surface area (Å²) in [6.45, 7) is 2.26. The molecular weight excluding hydrogens is 264 g/mol. The molecule has 4 rings (SSSR count). The van der Waals surface area contributed by atoms with E-state index in [1.165, 1.54) is 36.1 Å². The second kappa shape index (κ2) is 3.91. The van der Waals surface area contributed by atoms with Crippen LogP contribution in [0.4, 0.5) is 0 Å². The van der Waals surface area contributed by atoms with Crippen molar-refractivity contribution in [3.05, 3.63) is 21.4 Å². The Labute approximate surface area is 115 Å². The van der Waals surface area contributed by atoms with Crippen LogP contribution in [0.3, 0.4) is 0 Å². The summed E-state index contributed by atoms with van der Waals surface area (Å²) in [5.41, 5.74) is 1.43. The normalized spacial score (nSPS) is 26.3. The number of rotatable bonds is 1. The quantitative estimate of drug-likeness (QED) is 0.725. The van der Waals surface area contributed by atoms with Crippen LogP contribution in [0.5, 0.6) is 0 Å². The number of hydrogen-bond acceptors (Lipinski definition) is 3.